The zero-order valence-corrected chi connectivity index (χ0v) is 13.9. The van der Waals surface area contributed by atoms with Crippen molar-refractivity contribution in [1.29, 1.82) is 5.26 Å². The molecule has 2 aromatic carbocycles. The van der Waals surface area contributed by atoms with E-state index in [0.29, 0.717) is 38.2 Å². The van der Waals surface area contributed by atoms with Crippen LogP contribution in [0.25, 0.3) is 0 Å². The van der Waals surface area contributed by atoms with Crippen LogP contribution in [0.3, 0.4) is 0 Å². The first-order valence-electron chi connectivity index (χ1n) is 8.44. The molecule has 1 fully saturated rings. The van der Waals surface area contributed by atoms with Crippen LogP contribution in [0.1, 0.15) is 24.0 Å². The highest BCUT2D eigenvalue weighted by Crippen LogP contribution is 2.27. The molecule has 2 aromatic rings. The molecule has 4 nitrogen and oxygen atoms in total. The van der Waals surface area contributed by atoms with Gasteiger partial charge in [0.25, 0.3) is 0 Å². The second kappa shape index (κ2) is 7.80. The molecule has 0 unspecified atom stereocenters. The van der Waals surface area contributed by atoms with Gasteiger partial charge in [-0.05, 0) is 30.5 Å². The molecule has 5 heteroatoms. The summed E-state index contributed by atoms with van der Waals surface area (Å²) >= 11 is 0. The fraction of sp³-hybridized carbons (Fsp3) is 0.300. The maximum atomic E-state index is 13.8. The third-order valence-corrected chi connectivity index (χ3v) is 4.62. The zero-order chi connectivity index (χ0) is 17.6. The fourth-order valence-electron chi connectivity index (χ4n) is 3.20. The second-order valence-corrected chi connectivity index (χ2v) is 6.21. The molecule has 128 valence electrons. The molecule has 25 heavy (non-hydrogen) atoms. The van der Waals surface area contributed by atoms with Crippen molar-refractivity contribution in [3.05, 3.63) is 65.5 Å². The smallest absolute Gasteiger partial charge is 0.223 e. The van der Waals surface area contributed by atoms with Gasteiger partial charge in [-0.15, -0.1) is 0 Å². The lowest BCUT2D eigenvalue weighted by Gasteiger charge is -2.33. The number of carbonyl (C=O) groups excluding carboxylic acids is 1. The zero-order valence-electron chi connectivity index (χ0n) is 13.9. The number of rotatable bonds is 4. The topological polar surface area (TPSA) is 56.1 Å². The molecule has 1 heterocycles. The quantitative estimate of drug-likeness (QED) is 0.932. The van der Waals surface area contributed by atoms with E-state index in [-0.39, 0.29) is 17.4 Å². The van der Waals surface area contributed by atoms with Gasteiger partial charge >= 0.3 is 0 Å². The lowest BCUT2D eigenvalue weighted by molar-refractivity contribution is -0.125. The van der Waals surface area contributed by atoms with Gasteiger partial charge in [-0.3, -0.25) is 4.79 Å². The maximum absolute atomic E-state index is 13.8. The summed E-state index contributed by atoms with van der Waals surface area (Å²) in [6.07, 6.45) is 1.39. The van der Waals surface area contributed by atoms with Crippen molar-refractivity contribution in [2.24, 2.45) is 5.92 Å². The van der Waals surface area contributed by atoms with Crippen LogP contribution in [0.5, 0.6) is 0 Å². The highest BCUT2D eigenvalue weighted by atomic mass is 19.1. The number of nitrogens with one attached hydrogen (secondary N) is 1. The fourth-order valence-corrected chi connectivity index (χ4v) is 3.20. The van der Waals surface area contributed by atoms with Crippen LogP contribution in [-0.2, 0) is 11.3 Å². The van der Waals surface area contributed by atoms with Crippen molar-refractivity contribution in [2.45, 2.75) is 19.4 Å². The predicted octanol–water partition coefficient (Wildman–Crippen LogP) is 3.23. The Morgan fingerprint density at radius 2 is 1.88 bits per heavy atom. The molecular formula is C20H20FN3O. The highest BCUT2D eigenvalue weighted by molar-refractivity contribution is 5.79. The summed E-state index contributed by atoms with van der Waals surface area (Å²) in [7, 11) is 0. The molecule has 1 aliphatic heterocycles. The molecular weight excluding hydrogens is 317 g/mol. The van der Waals surface area contributed by atoms with E-state index in [0.717, 1.165) is 5.56 Å². The average molecular weight is 337 g/mol. The van der Waals surface area contributed by atoms with E-state index in [1.54, 1.807) is 12.1 Å². The lowest BCUT2D eigenvalue weighted by Crippen LogP contribution is -2.40. The van der Waals surface area contributed by atoms with Gasteiger partial charge in [0.1, 0.15) is 17.4 Å². The Hall–Kier alpha value is -2.87. The van der Waals surface area contributed by atoms with Gasteiger partial charge in [0, 0.05) is 25.6 Å². The number of carbonyl (C=O) groups is 1. The SMILES string of the molecule is N#Cc1c(F)cccc1N1CCC(C(=O)NCc2ccccc2)CC1. The Kier molecular flexibility index (Phi) is 5.30. The molecule has 0 bridgehead atoms. The van der Waals surface area contributed by atoms with Crippen molar-refractivity contribution in [2.75, 3.05) is 18.0 Å². The summed E-state index contributed by atoms with van der Waals surface area (Å²) in [6, 6.07) is 16.4. The van der Waals surface area contributed by atoms with Gasteiger partial charge < -0.3 is 10.2 Å². The number of halogens is 1. The summed E-state index contributed by atoms with van der Waals surface area (Å²) < 4.78 is 13.8. The largest absolute Gasteiger partial charge is 0.370 e. The molecule has 1 N–H and O–H groups in total. The van der Waals surface area contributed by atoms with Gasteiger partial charge in [0.2, 0.25) is 5.91 Å². The van der Waals surface area contributed by atoms with Crippen molar-refractivity contribution in [3.8, 4) is 6.07 Å². The van der Waals surface area contributed by atoms with Gasteiger partial charge in [0.05, 0.1) is 5.69 Å². The van der Waals surface area contributed by atoms with Gasteiger partial charge in [-0.25, -0.2) is 4.39 Å². The first-order chi connectivity index (χ1) is 12.2. The van der Waals surface area contributed by atoms with E-state index in [1.807, 2.05) is 41.3 Å². The van der Waals surface area contributed by atoms with Crippen molar-refractivity contribution < 1.29 is 9.18 Å². The summed E-state index contributed by atoms with van der Waals surface area (Å²) in [5, 5.41) is 12.2. The van der Waals surface area contributed by atoms with E-state index < -0.39 is 5.82 Å². The monoisotopic (exact) mass is 337 g/mol. The van der Waals surface area contributed by atoms with Gasteiger partial charge in [0.15, 0.2) is 0 Å². The van der Waals surface area contributed by atoms with Crippen LogP contribution in [0.4, 0.5) is 10.1 Å². The molecule has 0 spiro atoms. The number of nitrogens with zero attached hydrogens (tertiary/aromatic N) is 2. The van der Waals surface area contributed by atoms with Crippen LogP contribution in [-0.4, -0.2) is 19.0 Å². The third kappa shape index (κ3) is 3.97. The van der Waals surface area contributed by atoms with Crippen LogP contribution in [0, 0.1) is 23.1 Å². The Morgan fingerprint density at radius 1 is 1.16 bits per heavy atom. The molecule has 0 aliphatic carbocycles. The van der Waals surface area contributed by atoms with Crippen LogP contribution in [0.2, 0.25) is 0 Å². The van der Waals surface area contributed by atoms with E-state index >= 15 is 0 Å². The second-order valence-electron chi connectivity index (χ2n) is 6.21. The number of hydrogen-bond acceptors (Lipinski definition) is 3. The van der Waals surface area contributed by atoms with Crippen LogP contribution >= 0.6 is 0 Å². The minimum absolute atomic E-state index is 0.0425. The lowest BCUT2D eigenvalue weighted by atomic mass is 9.95. The summed E-state index contributed by atoms with van der Waals surface area (Å²) in [4.78, 5) is 14.3. The molecule has 1 amide bonds. The molecule has 0 atom stereocenters. The number of benzene rings is 2. The van der Waals surface area contributed by atoms with E-state index in [4.69, 9.17) is 5.26 Å². The average Bonchev–Trinajstić information content (AvgIpc) is 2.67. The first-order valence-corrected chi connectivity index (χ1v) is 8.44. The van der Waals surface area contributed by atoms with Crippen molar-refractivity contribution >= 4 is 11.6 Å². The molecule has 1 aliphatic rings. The van der Waals surface area contributed by atoms with E-state index in [2.05, 4.69) is 5.32 Å². The maximum Gasteiger partial charge on any atom is 0.223 e. The minimum atomic E-state index is -0.497. The molecule has 0 radical (unpaired) electrons. The summed E-state index contributed by atoms with van der Waals surface area (Å²) in [5.41, 5.74) is 1.77. The summed E-state index contributed by atoms with van der Waals surface area (Å²) in [6.45, 7) is 1.81. The van der Waals surface area contributed by atoms with Crippen molar-refractivity contribution in [1.82, 2.24) is 5.32 Å². The predicted molar refractivity (Wildman–Crippen MR) is 94.3 cm³/mol. The van der Waals surface area contributed by atoms with Crippen LogP contribution < -0.4 is 10.2 Å². The van der Waals surface area contributed by atoms with E-state index in [1.165, 1.54) is 6.07 Å². The Balaban J connectivity index is 1.56. The molecule has 0 saturated carbocycles. The minimum Gasteiger partial charge on any atom is -0.370 e. The Bertz CT molecular complexity index is 777. The summed E-state index contributed by atoms with van der Waals surface area (Å²) in [5.74, 6) is -0.481. The Labute approximate surface area is 146 Å². The van der Waals surface area contributed by atoms with Crippen molar-refractivity contribution in [3.63, 3.8) is 0 Å². The molecule has 0 aromatic heterocycles. The number of anilines is 1. The Morgan fingerprint density at radius 3 is 2.56 bits per heavy atom. The third-order valence-electron chi connectivity index (χ3n) is 4.62. The van der Waals surface area contributed by atoms with Gasteiger partial charge in [-0.2, -0.15) is 5.26 Å². The van der Waals surface area contributed by atoms with Gasteiger partial charge in [-0.1, -0.05) is 36.4 Å². The normalized spacial score (nSPS) is 14.8. The molecule has 3 rings (SSSR count). The van der Waals surface area contributed by atoms with E-state index in [9.17, 15) is 9.18 Å². The van der Waals surface area contributed by atoms with Crippen LogP contribution in [0.15, 0.2) is 48.5 Å². The highest BCUT2D eigenvalue weighted by Gasteiger charge is 2.26. The number of nitriles is 1. The first kappa shape index (κ1) is 17.0. The number of amides is 1. The molecule has 1 saturated heterocycles. The number of hydrogen-bond donors (Lipinski definition) is 1. The standard InChI is InChI=1S/C20H20FN3O/c21-18-7-4-8-19(17(18)13-22)24-11-9-16(10-12-24)20(25)23-14-15-5-2-1-3-6-15/h1-8,16H,9-12,14H2,(H,23,25). The number of piperidine rings is 1.